The van der Waals surface area contributed by atoms with E-state index in [4.69, 9.17) is 10.5 Å². The van der Waals surface area contributed by atoms with Crippen molar-refractivity contribution in [2.75, 3.05) is 39.9 Å². The molecule has 0 aromatic heterocycles. The highest BCUT2D eigenvalue weighted by molar-refractivity contribution is 5.76. The lowest BCUT2D eigenvalue weighted by Crippen LogP contribution is -2.38. The average molecular weight is 227 g/mol. The van der Waals surface area contributed by atoms with Gasteiger partial charge >= 0.3 is 6.03 Å². The van der Waals surface area contributed by atoms with E-state index in [2.05, 4.69) is 0 Å². The molecule has 16 heavy (non-hydrogen) atoms. The molecule has 1 atom stereocenters. The van der Waals surface area contributed by atoms with Crippen LogP contribution in [-0.2, 0) is 4.74 Å². The molecule has 2 aliphatic heterocycles. The Morgan fingerprint density at radius 1 is 1.44 bits per heavy atom. The lowest BCUT2D eigenvalue weighted by molar-refractivity contribution is 0.0452. The van der Waals surface area contributed by atoms with Gasteiger partial charge in [-0.05, 0) is 18.8 Å². The molecule has 1 unspecified atom stereocenters. The maximum absolute atomic E-state index is 11.9. The van der Waals surface area contributed by atoms with Crippen LogP contribution in [0.1, 0.15) is 12.8 Å². The number of ether oxygens (including phenoxy) is 1. The van der Waals surface area contributed by atoms with Crippen molar-refractivity contribution in [1.29, 1.82) is 0 Å². The van der Waals surface area contributed by atoms with Crippen LogP contribution in [0.25, 0.3) is 0 Å². The monoisotopic (exact) mass is 227 g/mol. The molecule has 5 heteroatoms. The van der Waals surface area contributed by atoms with Gasteiger partial charge in [0.1, 0.15) is 0 Å². The molecular formula is C11H21N3O2. The lowest BCUT2D eigenvalue weighted by Gasteiger charge is -2.30. The SMILES string of the molecule is CN1C(=O)N(CCN)CC1C1CCOCC1. The number of urea groups is 1. The predicted molar refractivity (Wildman–Crippen MR) is 61.1 cm³/mol. The number of amides is 2. The van der Waals surface area contributed by atoms with Gasteiger partial charge in [0.2, 0.25) is 0 Å². The first-order valence-electron chi connectivity index (χ1n) is 6.03. The van der Waals surface area contributed by atoms with Crippen LogP contribution in [0, 0.1) is 5.92 Å². The van der Waals surface area contributed by atoms with E-state index in [9.17, 15) is 4.79 Å². The van der Waals surface area contributed by atoms with Crippen LogP contribution in [0.4, 0.5) is 4.79 Å². The van der Waals surface area contributed by atoms with E-state index < -0.39 is 0 Å². The maximum atomic E-state index is 11.9. The summed E-state index contributed by atoms with van der Waals surface area (Å²) in [7, 11) is 1.90. The van der Waals surface area contributed by atoms with Crippen molar-refractivity contribution in [3.8, 4) is 0 Å². The summed E-state index contributed by atoms with van der Waals surface area (Å²) in [5.74, 6) is 0.588. The molecule has 0 bridgehead atoms. The largest absolute Gasteiger partial charge is 0.381 e. The number of rotatable bonds is 3. The van der Waals surface area contributed by atoms with Crippen LogP contribution in [0.3, 0.4) is 0 Å². The molecule has 0 aromatic carbocycles. The molecule has 0 aliphatic carbocycles. The first-order valence-corrected chi connectivity index (χ1v) is 6.03. The van der Waals surface area contributed by atoms with Crippen molar-refractivity contribution in [2.24, 2.45) is 11.7 Å². The van der Waals surface area contributed by atoms with Gasteiger partial charge in [0, 0.05) is 39.9 Å². The number of nitrogens with two attached hydrogens (primary N) is 1. The summed E-state index contributed by atoms with van der Waals surface area (Å²) in [4.78, 5) is 15.7. The highest BCUT2D eigenvalue weighted by Crippen LogP contribution is 2.27. The molecule has 2 heterocycles. The third-order valence-electron chi connectivity index (χ3n) is 3.69. The van der Waals surface area contributed by atoms with Gasteiger partial charge < -0.3 is 20.3 Å². The quantitative estimate of drug-likeness (QED) is 0.744. The van der Waals surface area contributed by atoms with Crippen molar-refractivity contribution < 1.29 is 9.53 Å². The minimum Gasteiger partial charge on any atom is -0.381 e. The zero-order valence-electron chi connectivity index (χ0n) is 9.89. The smallest absolute Gasteiger partial charge is 0.320 e. The average Bonchev–Trinajstić information content (AvgIpc) is 2.59. The summed E-state index contributed by atoms with van der Waals surface area (Å²) in [5, 5.41) is 0. The number of likely N-dealkylation sites (N-methyl/N-ethyl adjacent to an activating group) is 1. The van der Waals surface area contributed by atoms with Gasteiger partial charge in [-0.1, -0.05) is 0 Å². The minimum absolute atomic E-state index is 0.127. The van der Waals surface area contributed by atoms with Crippen LogP contribution >= 0.6 is 0 Å². The van der Waals surface area contributed by atoms with E-state index in [0.717, 1.165) is 32.6 Å². The summed E-state index contributed by atoms with van der Waals surface area (Å²) < 4.78 is 5.36. The molecule has 2 fully saturated rings. The topological polar surface area (TPSA) is 58.8 Å². The molecule has 2 amide bonds. The van der Waals surface area contributed by atoms with Gasteiger partial charge in [-0.15, -0.1) is 0 Å². The second-order valence-electron chi connectivity index (χ2n) is 4.65. The molecule has 2 N–H and O–H groups in total. The lowest BCUT2D eigenvalue weighted by atomic mass is 9.91. The molecule has 0 spiro atoms. The first-order chi connectivity index (χ1) is 7.74. The Morgan fingerprint density at radius 3 is 2.75 bits per heavy atom. The van der Waals surface area contributed by atoms with Gasteiger partial charge in [-0.25, -0.2) is 4.79 Å². The van der Waals surface area contributed by atoms with Crippen molar-refractivity contribution in [3.63, 3.8) is 0 Å². The van der Waals surface area contributed by atoms with E-state index >= 15 is 0 Å². The van der Waals surface area contributed by atoms with Gasteiger partial charge in [0.15, 0.2) is 0 Å². The van der Waals surface area contributed by atoms with Crippen LogP contribution in [0.15, 0.2) is 0 Å². The van der Waals surface area contributed by atoms with E-state index in [0.29, 0.717) is 25.0 Å². The zero-order valence-corrected chi connectivity index (χ0v) is 9.89. The molecule has 92 valence electrons. The molecule has 2 rings (SSSR count). The van der Waals surface area contributed by atoms with Gasteiger partial charge in [-0.3, -0.25) is 0 Å². The Labute approximate surface area is 96.5 Å². The molecule has 0 radical (unpaired) electrons. The zero-order chi connectivity index (χ0) is 11.5. The van der Waals surface area contributed by atoms with E-state index in [1.807, 2.05) is 16.8 Å². The number of nitrogens with zero attached hydrogens (tertiary/aromatic N) is 2. The number of carbonyl (C=O) groups is 1. The van der Waals surface area contributed by atoms with Gasteiger partial charge in [-0.2, -0.15) is 0 Å². The Balaban J connectivity index is 1.97. The second kappa shape index (κ2) is 5.01. The molecule has 2 aliphatic rings. The Kier molecular flexibility index (Phi) is 3.66. The normalized spacial score (nSPS) is 27.9. The first kappa shape index (κ1) is 11.7. The Hall–Kier alpha value is -0.810. The summed E-state index contributed by atoms with van der Waals surface area (Å²) in [6.07, 6.45) is 2.14. The molecular weight excluding hydrogens is 206 g/mol. The summed E-state index contributed by atoms with van der Waals surface area (Å²) >= 11 is 0. The second-order valence-corrected chi connectivity index (χ2v) is 4.65. The van der Waals surface area contributed by atoms with Gasteiger partial charge in [0.05, 0.1) is 6.04 Å². The molecule has 0 aromatic rings. The summed E-state index contributed by atoms with van der Waals surface area (Å²) in [5.41, 5.74) is 5.51. The number of hydrogen-bond donors (Lipinski definition) is 1. The van der Waals surface area contributed by atoms with Crippen LogP contribution in [0.5, 0.6) is 0 Å². The molecule has 5 nitrogen and oxygen atoms in total. The fourth-order valence-corrected chi connectivity index (χ4v) is 2.70. The van der Waals surface area contributed by atoms with Crippen LogP contribution in [-0.4, -0.2) is 61.8 Å². The highest BCUT2D eigenvalue weighted by Gasteiger charge is 2.39. The van der Waals surface area contributed by atoms with E-state index in [-0.39, 0.29) is 6.03 Å². The number of carbonyl (C=O) groups excluding carboxylic acids is 1. The highest BCUT2D eigenvalue weighted by atomic mass is 16.5. The van der Waals surface area contributed by atoms with E-state index in [1.54, 1.807) is 0 Å². The molecule has 2 saturated heterocycles. The van der Waals surface area contributed by atoms with E-state index in [1.165, 1.54) is 0 Å². The van der Waals surface area contributed by atoms with Gasteiger partial charge in [0.25, 0.3) is 0 Å². The summed E-state index contributed by atoms with van der Waals surface area (Å²) in [6, 6.07) is 0.477. The van der Waals surface area contributed by atoms with Crippen LogP contribution < -0.4 is 5.73 Å². The maximum Gasteiger partial charge on any atom is 0.320 e. The third kappa shape index (κ3) is 2.15. The summed E-state index contributed by atoms with van der Waals surface area (Å²) in [6.45, 7) is 3.71. The Morgan fingerprint density at radius 2 is 2.12 bits per heavy atom. The fraction of sp³-hybridized carbons (Fsp3) is 0.909. The fourth-order valence-electron chi connectivity index (χ4n) is 2.70. The number of hydrogen-bond acceptors (Lipinski definition) is 3. The van der Waals surface area contributed by atoms with Crippen molar-refractivity contribution >= 4 is 6.03 Å². The predicted octanol–water partition coefficient (Wildman–Crippen LogP) is 0.108. The van der Waals surface area contributed by atoms with Crippen molar-refractivity contribution in [1.82, 2.24) is 9.80 Å². The van der Waals surface area contributed by atoms with Crippen molar-refractivity contribution in [3.05, 3.63) is 0 Å². The Bertz CT molecular complexity index is 254. The van der Waals surface area contributed by atoms with Crippen molar-refractivity contribution in [2.45, 2.75) is 18.9 Å². The third-order valence-corrected chi connectivity index (χ3v) is 3.69. The molecule has 0 saturated carbocycles. The standard InChI is InChI=1S/C11H21N3O2/c1-13-10(9-2-6-16-7-3-9)8-14(5-4-12)11(13)15/h9-10H,2-8,12H2,1H3. The minimum atomic E-state index is 0.127. The van der Waals surface area contributed by atoms with Crippen LogP contribution in [0.2, 0.25) is 0 Å².